The second-order valence-electron chi connectivity index (χ2n) is 2.14. The van der Waals surface area contributed by atoms with Gasteiger partial charge in [-0.15, -0.1) is 5.10 Å². The average Bonchev–Trinajstić information content (AvgIpc) is 2.32. The maximum Gasteiger partial charge on any atom is 0.459 e. The molecule has 0 aromatic carbocycles. The zero-order valence-electron chi connectivity index (χ0n) is 5.89. The van der Waals surface area contributed by atoms with Crippen LogP contribution in [0.25, 0.3) is 0 Å². The number of hydrogen-bond donors (Lipinski definition) is 1. The third-order valence-electron chi connectivity index (χ3n) is 1.25. The van der Waals surface area contributed by atoms with Crippen LogP contribution in [0, 0.1) is 0 Å². The predicted octanol–water partition coefficient (Wildman–Crippen LogP) is 0.646. The lowest BCUT2D eigenvalue weighted by atomic mass is 10.2. The fourth-order valence-corrected chi connectivity index (χ4v) is 0.614. The summed E-state index contributed by atoms with van der Waals surface area (Å²) in [6.45, 7) is 0. The molecule has 4 nitrogen and oxygen atoms in total. The van der Waals surface area contributed by atoms with Crippen LogP contribution in [0.15, 0.2) is 6.20 Å². The number of nitrogens with zero attached hydrogens (tertiary/aromatic N) is 3. The van der Waals surface area contributed by atoms with Crippen molar-refractivity contribution in [3.63, 3.8) is 0 Å². The largest absolute Gasteiger partial charge is 0.459 e. The molecule has 74 valence electrons. The van der Waals surface area contributed by atoms with E-state index in [1.54, 1.807) is 0 Å². The van der Waals surface area contributed by atoms with Gasteiger partial charge >= 0.3 is 12.1 Å². The van der Waals surface area contributed by atoms with E-state index in [2.05, 4.69) is 16.2 Å². The van der Waals surface area contributed by atoms with Crippen LogP contribution in [0.4, 0.5) is 22.0 Å². The molecule has 0 aliphatic rings. The van der Waals surface area contributed by atoms with Crippen LogP contribution in [0.2, 0.25) is 0 Å². The zero-order valence-corrected chi connectivity index (χ0v) is 5.89. The van der Waals surface area contributed by atoms with Gasteiger partial charge in [0, 0.05) is 0 Å². The maximum absolute atomic E-state index is 12.5. The molecule has 1 rings (SSSR count). The van der Waals surface area contributed by atoms with Crippen molar-refractivity contribution in [1.82, 2.24) is 15.1 Å². The Morgan fingerprint density at radius 1 is 1.23 bits per heavy atom. The lowest BCUT2D eigenvalue weighted by Gasteiger charge is -2.18. The molecule has 0 amide bonds. The van der Waals surface area contributed by atoms with Crippen LogP contribution >= 0.6 is 0 Å². The van der Waals surface area contributed by atoms with Gasteiger partial charge in [-0.25, -0.2) is 0 Å². The van der Waals surface area contributed by atoms with Crippen molar-refractivity contribution < 1.29 is 22.0 Å². The van der Waals surface area contributed by atoms with Gasteiger partial charge in [0.05, 0.1) is 6.20 Å². The van der Waals surface area contributed by atoms with Gasteiger partial charge in [-0.2, -0.15) is 26.7 Å². The van der Waals surface area contributed by atoms with Gasteiger partial charge in [-0.3, -0.25) is 0 Å². The van der Waals surface area contributed by atoms with E-state index in [1.807, 2.05) is 0 Å². The van der Waals surface area contributed by atoms with Gasteiger partial charge in [0.2, 0.25) is 0 Å². The normalized spacial score (nSPS) is 13.3. The number of alkyl halides is 5. The van der Waals surface area contributed by atoms with Crippen LogP contribution in [0.1, 0.15) is 5.69 Å². The Morgan fingerprint density at radius 3 is 2.08 bits per heavy atom. The van der Waals surface area contributed by atoms with Gasteiger partial charge in [-0.1, -0.05) is 0 Å². The predicted molar refractivity (Wildman–Crippen MR) is 30.1 cm³/mol. The quantitative estimate of drug-likeness (QED) is 0.537. The lowest BCUT2D eigenvalue weighted by Crippen LogP contribution is -2.37. The highest BCUT2D eigenvalue weighted by molar-refractivity contribution is 5.06. The Kier molecular flexibility index (Phi) is 1.89. The highest BCUT2D eigenvalue weighted by atomic mass is 19.4. The molecule has 0 aliphatic heterocycles. The summed E-state index contributed by atoms with van der Waals surface area (Å²) < 4.78 is 60.0. The molecule has 2 N–H and O–H groups in total. The first kappa shape index (κ1) is 9.68. The molecule has 0 spiro atoms. The first-order chi connectivity index (χ1) is 5.77. The minimum atomic E-state index is -5.70. The van der Waals surface area contributed by atoms with Crippen LogP contribution in [-0.2, 0) is 5.92 Å². The monoisotopic (exact) mass is 202 g/mol. The number of nitrogens with two attached hydrogens (primary N) is 1. The number of halogens is 5. The summed E-state index contributed by atoms with van der Waals surface area (Å²) in [5.74, 6) is -0.350. The first-order valence-corrected chi connectivity index (χ1v) is 2.87. The van der Waals surface area contributed by atoms with Crippen molar-refractivity contribution in [2.75, 3.05) is 5.84 Å². The number of nitrogen functional groups attached to an aromatic ring is 1. The van der Waals surface area contributed by atoms with Gasteiger partial charge in [0.15, 0.2) is 5.69 Å². The summed E-state index contributed by atoms with van der Waals surface area (Å²) >= 11 is 0. The zero-order chi connectivity index (χ0) is 10.3. The second-order valence-corrected chi connectivity index (χ2v) is 2.14. The van der Waals surface area contributed by atoms with E-state index in [0.29, 0.717) is 0 Å². The first-order valence-electron chi connectivity index (χ1n) is 2.87. The van der Waals surface area contributed by atoms with Gasteiger partial charge < -0.3 is 5.84 Å². The molecule has 0 radical (unpaired) electrons. The van der Waals surface area contributed by atoms with E-state index >= 15 is 0 Å². The van der Waals surface area contributed by atoms with Crippen molar-refractivity contribution in [3.05, 3.63) is 11.9 Å². The third-order valence-corrected chi connectivity index (χ3v) is 1.25. The van der Waals surface area contributed by atoms with Crippen LogP contribution in [0.5, 0.6) is 0 Å². The highest BCUT2D eigenvalue weighted by Crippen LogP contribution is 2.42. The molecule has 0 saturated carbocycles. The Hall–Kier alpha value is -1.41. The molecule has 1 aromatic heterocycles. The Labute approximate surface area is 68.1 Å². The molecule has 1 heterocycles. The molecule has 0 bridgehead atoms. The molecule has 9 heteroatoms. The minimum Gasteiger partial charge on any atom is -0.321 e. The summed E-state index contributed by atoms with van der Waals surface area (Å²) in [4.78, 5) is -0.118. The summed E-state index contributed by atoms with van der Waals surface area (Å²) in [6.07, 6.45) is -5.45. The summed E-state index contributed by atoms with van der Waals surface area (Å²) in [6, 6.07) is 0. The van der Waals surface area contributed by atoms with Crippen molar-refractivity contribution in [3.8, 4) is 0 Å². The molecule has 1 aromatic rings. The van der Waals surface area contributed by atoms with E-state index in [4.69, 9.17) is 0 Å². The van der Waals surface area contributed by atoms with Crippen LogP contribution in [-0.4, -0.2) is 21.3 Å². The molecular formula is C4H3F5N4. The van der Waals surface area contributed by atoms with Gasteiger partial charge in [-0.05, 0) is 5.21 Å². The SMILES string of the molecule is Nn1nncc1C(F)(F)C(F)(F)F. The fraction of sp³-hybridized carbons (Fsp3) is 0.500. The molecule has 0 unspecified atom stereocenters. The maximum atomic E-state index is 12.5. The molecule has 0 atom stereocenters. The Morgan fingerprint density at radius 2 is 1.77 bits per heavy atom. The summed E-state index contributed by atoms with van der Waals surface area (Å²) in [7, 11) is 0. The smallest absolute Gasteiger partial charge is 0.321 e. The van der Waals surface area contributed by atoms with Crippen molar-refractivity contribution in [2.24, 2.45) is 0 Å². The van der Waals surface area contributed by atoms with Crippen molar-refractivity contribution in [2.45, 2.75) is 12.1 Å². The molecule has 0 saturated heterocycles. The topological polar surface area (TPSA) is 56.7 Å². The average molecular weight is 202 g/mol. The van der Waals surface area contributed by atoms with Gasteiger partial charge in [0.1, 0.15) is 0 Å². The second kappa shape index (κ2) is 2.54. The number of hydrogen-bond acceptors (Lipinski definition) is 3. The van der Waals surface area contributed by atoms with E-state index in [1.165, 1.54) is 0 Å². The fourth-order valence-electron chi connectivity index (χ4n) is 0.614. The number of rotatable bonds is 1. The molecule has 0 fully saturated rings. The van der Waals surface area contributed by atoms with E-state index in [9.17, 15) is 22.0 Å². The van der Waals surface area contributed by atoms with Crippen molar-refractivity contribution >= 4 is 0 Å². The standard InChI is InChI=1S/C4H3F5N4/c5-3(6,4(7,8)9)2-1-11-12-13(2)10/h1H,10H2. The number of aromatic nitrogens is 3. The third kappa shape index (κ3) is 1.40. The lowest BCUT2D eigenvalue weighted by molar-refractivity contribution is -0.291. The van der Waals surface area contributed by atoms with Crippen molar-refractivity contribution in [1.29, 1.82) is 0 Å². The van der Waals surface area contributed by atoms with Crippen LogP contribution in [0.3, 0.4) is 0 Å². The van der Waals surface area contributed by atoms with Gasteiger partial charge in [0.25, 0.3) is 0 Å². The van der Waals surface area contributed by atoms with E-state index in [0.717, 1.165) is 0 Å². The summed E-state index contributed by atoms with van der Waals surface area (Å²) in [5.41, 5.74) is -1.50. The molecule has 13 heavy (non-hydrogen) atoms. The Bertz CT molecular complexity index is 302. The van der Waals surface area contributed by atoms with E-state index < -0.39 is 17.8 Å². The minimum absolute atomic E-state index is 0.118. The van der Waals surface area contributed by atoms with E-state index in [-0.39, 0.29) is 11.0 Å². The van der Waals surface area contributed by atoms with Crippen LogP contribution < -0.4 is 5.84 Å². The Balaban J connectivity index is 3.15. The highest BCUT2D eigenvalue weighted by Gasteiger charge is 2.61. The molecular weight excluding hydrogens is 199 g/mol. The summed E-state index contributed by atoms with van der Waals surface area (Å²) in [5, 5.41) is 5.57. The molecule has 0 aliphatic carbocycles.